The van der Waals surface area contributed by atoms with E-state index in [0.717, 1.165) is 5.56 Å². The first kappa shape index (κ1) is 23.4. The Hall–Kier alpha value is -3.29. The van der Waals surface area contributed by atoms with Gasteiger partial charge in [-0.05, 0) is 60.5 Å². The molecule has 3 N–H and O–H groups in total. The van der Waals surface area contributed by atoms with E-state index in [9.17, 15) is 9.59 Å². The zero-order valence-electron chi connectivity index (χ0n) is 17.1. The fourth-order valence-corrected chi connectivity index (χ4v) is 3.23. The van der Waals surface area contributed by atoms with Gasteiger partial charge in [0.05, 0.1) is 11.6 Å². The minimum absolute atomic E-state index is 0.157. The van der Waals surface area contributed by atoms with Crippen LogP contribution in [0.15, 0.2) is 67.0 Å². The Balaban J connectivity index is 1.40. The number of aromatic nitrogens is 1. The van der Waals surface area contributed by atoms with Crippen LogP contribution in [0.2, 0.25) is 10.0 Å². The predicted molar refractivity (Wildman–Crippen MR) is 126 cm³/mol. The molecule has 166 valence electrons. The van der Waals surface area contributed by atoms with Crippen molar-refractivity contribution < 1.29 is 14.3 Å². The molecule has 0 bridgehead atoms. The lowest BCUT2D eigenvalue weighted by molar-refractivity contribution is -0.116. The molecule has 0 radical (unpaired) electrons. The second-order valence-corrected chi connectivity index (χ2v) is 7.66. The predicted octanol–water partition coefficient (Wildman–Crippen LogP) is 5.51. The maximum absolute atomic E-state index is 12.2. The molecule has 3 amide bonds. The van der Waals surface area contributed by atoms with E-state index in [1.807, 2.05) is 12.1 Å². The Labute approximate surface area is 196 Å². The normalized spacial score (nSPS) is 10.3. The van der Waals surface area contributed by atoms with E-state index in [2.05, 4.69) is 20.9 Å². The van der Waals surface area contributed by atoms with E-state index in [1.165, 1.54) is 0 Å². The fourth-order valence-electron chi connectivity index (χ4n) is 2.76. The fraction of sp³-hybridized carbons (Fsp3) is 0.174. The molecule has 0 aliphatic rings. The Kier molecular flexibility index (Phi) is 8.71. The van der Waals surface area contributed by atoms with E-state index < -0.39 is 0 Å². The van der Waals surface area contributed by atoms with E-state index >= 15 is 0 Å². The topological polar surface area (TPSA) is 92.4 Å². The van der Waals surface area contributed by atoms with Crippen LogP contribution in [0.4, 0.5) is 16.2 Å². The number of nitrogens with one attached hydrogen (secondary N) is 3. The number of anilines is 2. The molecule has 7 nitrogen and oxygen atoms in total. The number of pyridine rings is 1. The van der Waals surface area contributed by atoms with Crippen LogP contribution < -0.4 is 20.7 Å². The lowest BCUT2D eigenvalue weighted by atomic mass is 10.2. The Bertz CT molecular complexity index is 1060. The van der Waals surface area contributed by atoms with Crippen LogP contribution in [0, 0.1) is 0 Å². The lowest BCUT2D eigenvalue weighted by Gasteiger charge is -2.11. The summed E-state index contributed by atoms with van der Waals surface area (Å²) in [5, 5.41) is 9.29. The summed E-state index contributed by atoms with van der Waals surface area (Å²) in [6.07, 6.45) is 4.12. The molecule has 0 fully saturated rings. The summed E-state index contributed by atoms with van der Waals surface area (Å²) in [6, 6.07) is 15.2. The molecule has 0 unspecified atom stereocenters. The molecular formula is C23H22Cl2N4O3. The average molecular weight is 473 g/mol. The zero-order chi connectivity index (χ0) is 22.8. The van der Waals surface area contributed by atoms with E-state index in [-0.39, 0.29) is 18.4 Å². The van der Waals surface area contributed by atoms with Crippen molar-refractivity contribution in [1.82, 2.24) is 10.3 Å². The number of hydrogen-bond acceptors (Lipinski definition) is 4. The highest BCUT2D eigenvalue weighted by Gasteiger charge is 2.07. The maximum Gasteiger partial charge on any atom is 0.319 e. The van der Waals surface area contributed by atoms with Crippen molar-refractivity contribution >= 4 is 46.5 Å². The Morgan fingerprint density at radius 3 is 2.44 bits per heavy atom. The SMILES string of the molecule is O=C(CCCOc1ccc(Cl)cc1Cl)Nc1cccc(NC(=O)NCc2ccncc2)c1. The van der Waals surface area contributed by atoms with Gasteiger partial charge in [0.2, 0.25) is 5.91 Å². The van der Waals surface area contributed by atoms with E-state index in [1.54, 1.807) is 54.9 Å². The van der Waals surface area contributed by atoms with Gasteiger partial charge in [0.1, 0.15) is 5.75 Å². The van der Waals surface area contributed by atoms with Gasteiger partial charge in [0.15, 0.2) is 0 Å². The third-order valence-corrected chi connectivity index (χ3v) is 4.84. The highest BCUT2D eigenvalue weighted by molar-refractivity contribution is 6.35. The van der Waals surface area contributed by atoms with Gasteiger partial charge in [-0.2, -0.15) is 0 Å². The smallest absolute Gasteiger partial charge is 0.319 e. The van der Waals surface area contributed by atoms with Gasteiger partial charge in [-0.15, -0.1) is 0 Å². The number of nitrogens with zero attached hydrogens (tertiary/aromatic N) is 1. The molecular weight excluding hydrogens is 451 g/mol. The second-order valence-electron chi connectivity index (χ2n) is 6.82. The summed E-state index contributed by atoms with van der Waals surface area (Å²) in [7, 11) is 0. The van der Waals surface area contributed by atoms with Crippen LogP contribution in [0.3, 0.4) is 0 Å². The number of amides is 3. The van der Waals surface area contributed by atoms with Crippen LogP contribution in [0.5, 0.6) is 5.75 Å². The van der Waals surface area contributed by atoms with Crippen LogP contribution >= 0.6 is 23.2 Å². The molecule has 3 rings (SSSR count). The maximum atomic E-state index is 12.2. The standard InChI is InChI=1S/C23H22Cl2N4O3/c24-17-6-7-21(20(25)13-17)32-12-2-5-22(30)28-18-3-1-4-19(14-18)29-23(31)27-15-16-8-10-26-11-9-16/h1,3-4,6-11,13-14H,2,5,12,15H2,(H,28,30)(H2,27,29,31). The van der Waals surface area contributed by atoms with Crippen molar-refractivity contribution in [2.75, 3.05) is 17.2 Å². The molecule has 0 saturated heterocycles. The highest BCUT2D eigenvalue weighted by Crippen LogP contribution is 2.27. The molecule has 1 heterocycles. The van der Waals surface area contributed by atoms with Crippen LogP contribution in [-0.2, 0) is 11.3 Å². The molecule has 9 heteroatoms. The molecule has 0 aliphatic carbocycles. The van der Waals surface area contributed by atoms with Crippen molar-refractivity contribution in [2.45, 2.75) is 19.4 Å². The molecule has 0 spiro atoms. The zero-order valence-corrected chi connectivity index (χ0v) is 18.6. The molecule has 32 heavy (non-hydrogen) atoms. The summed E-state index contributed by atoms with van der Waals surface area (Å²) in [5.41, 5.74) is 2.10. The van der Waals surface area contributed by atoms with Gasteiger partial charge in [-0.25, -0.2) is 4.79 Å². The first-order valence-electron chi connectivity index (χ1n) is 9.91. The molecule has 0 atom stereocenters. The highest BCUT2D eigenvalue weighted by atomic mass is 35.5. The number of ether oxygens (including phenoxy) is 1. The Morgan fingerprint density at radius 1 is 0.938 bits per heavy atom. The van der Waals surface area contributed by atoms with Crippen molar-refractivity contribution in [2.24, 2.45) is 0 Å². The number of halogens is 2. The average Bonchev–Trinajstić information content (AvgIpc) is 2.77. The third kappa shape index (κ3) is 7.76. The van der Waals surface area contributed by atoms with Gasteiger partial charge in [-0.3, -0.25) is 9.78 Å². The Morgan fingerprint density at radius 2 is 1.69 bits per heavy atom. The number of benzene rings is 2. The van der Waals surface area contributed by atoms with Gasteiger partial charge in [-0.1, -0.05) is 29.3 Å². The van der Waals surface area contributed by atoms with Gasteiger partial charge in [0, 0.05) is 41.8 Å². The summed E-state index contributed by atoms with van der Waals surface area (Å²) in [5.74, 6) is 0.368. The summed E-state index contributed by atoms with van der Waals surface area (Å²) in [6.45, 7) is 0.724. The van der Waals surface area contributed by atoms with Crippen LogP contribution in [-0.4, -0.2) is 23.5 Å². The first-order valence-corrected chi connectivity index (χ1v) is 10.7. The minimum atomic E-state index is -0.344. The number of hydrogen-bond donors (Lipinski definition) is 3. The van der Waals surface area contributed by atoms with Gasteiger partial charge in [0.25, 0.3) is 0 Å². The third-order valence-electron chi connectivity index (χ3n) is 4.31. The van der Waals surface area contributed by atoms with Crippen molar-refractivity contribution in [1.29, 1.82) is 0 Å². The second kappa shape index (κ2) is 11.9. The monoisotopic (exact) mass is 472 g/mol. The minimum Gasteiger partial charge on any atom is -0.492 e. The quantitative estimate of drug-likeness (QED) is 0.358. The largest absolute Gasteiger partial charge is 0.492 e. The van der Waals surface area contributed by atoms with Crippen molar-refractivity contribution in [3.8, 4) is 5.75 Å². The van der Waals surface area contributed by atoms with E-state index in [0.29, 0.717) is 46.7 Å². The molecule has 0 saturated carbocycles. The molecule has 1 aromatic heterocycles. The van der Waals surface area contributed by atoms with Gasteiger partial charge < -0.3 is 20.7 Å². The van der Waals surface area contributed by atoms with Gasteiger partial charge >= 0.3 is 6.03 Å². The molecule has 2 aromatic carbocycles. The van der Waals surface area contributed by atoms with Crippen LogP contribution in [0.25, 0.3) is 0 Å². The summed E-state index contributed by atoms with van der Waals surface area (Å²) < 4.78 is 5.58. The van der Waals surface area contributed by atoms with Crippen molar-refractivity contribution in [3.63, 3.8) is 0 Å². The molecule has 0 aliphatic heterocycles. The lowest BCUT2D eigenvalue weighted by Crippen LogP contribution is -2.28. The summed E-state index contributed by atoms with van der Waals surface area (Å²) in [4.78, 5) is 28.2. The number of rotatable bonds is 9. The first-order chi connectivity index (χ1) is 15.5. The van der Waals surface area contributed by atoms with E-state index in [4.69, 9.17) is 27.9 Å². The number of carbonyl (C=O) groups is 2. The van der Waals surface area contributed by atoms with Crippen LogP contribution in [0.1, 0.15) is 18.4 Å². The number of urea groups is 1. The van der Waals surface area contributed by atoms with Crippen molar-refractivity contribution in [3.05, 3.63) is 82.6 Å². The molecule has 3 aromatic rings. The summed E-state index contributed by atoms with van der Waals surface area (Å²) >= 11 is 11.9. The number of carbonyl (C=O) groups excluding carboxylic acids is 2.